The topological polar surface area (TPSA) is 69.6 Å². The highest BCUT2D eigenvalue weighted by Crippen LogP contribution is 2.29. The smallest absolute Gasteiger partial charge is 0.255 e. The van der Waals surface area contributed by atoms with Crippen LogP contribution < -0.4 is 5.32 Å². The Morgan fingerprint density at radius 2 is 1.67 bits per heavy atom. The van der Waals surface area contributed by atoms with Gasteiger partial charge in [0.2, 0.25) is 0 Å². The highest BCUT2D eigenvalue weighted by Gasteiger charge is 2.36. The number of fused-ring (bicyclic) bond motifs is 1. The van der Waals surface area contributed by atoms with Crippen LogP contribution in [0.1, 0.15) is 38.1 Å². The van der Waals surface area contributed by atoms with Crippen molar-refractivity contribution in [3.8, 4) is 5.75 Å². The largest absolute Gasteiger partial charge is 0.506 e. The lowest BCUT2D eigenvalue weighted by molar-refractivity contribution is -0.00297. The van der Waals surface area contributed by atoms with Gasteiger partial charge in [-0.05, 0) is 39.1 Å². The lowest BCUT2D eigenvalue weighted by atomic mass is 9.85. The average molecular weight is 287 g/mol. The molecule has 0 aliphatic carbocycles. The minimum absolute atomic E-state index is 0.0443. The number of nitrogens with one attached hydrogen (secondary N) is 1. The molecule has 0 radical (unpaired) electrons. The second kappa shape index (κ2) is 5.04. The number of carbonyl (C=O) groups excluding carboxylic acids is 1. The van der Waals surface area contributed by atoms with Gasteiger partial charge in [-0.15, -0.1) is 0 Å². The van der Waals surface area contributed by atoms with Gasteiger partial charge < -0.3 is 15.5 Å². The van der Waals surface area contributed by atoms with Gasteiger partial charge in [0.25, 0.3) is 5.91 Å². The standard InChI is InChI=1S/C17H21NO3/c1-16(2,17(3,4)21)18-15(20)13-10-9-11-7-5-6-8-12(11)14(13)19/h5-10,19,21H,1-4H3,(H,18,20). The maximum Gasteiger partial charge on any atom is 0.255 e. The number of phenolic OH excluding ortho intramolecular Hbond substituents is 1. The first-order chi connectivity index (χ1) is 9.63. The summed E-state index contributed by atoms with van der Waals surface area (Å²) in [5.74, 6) is -0.456. The molecule has 0 heterocycles. The van der Waals surface area contributed by atoms with Crippen molar-refractivity contribution in [3.05, 3.63) is 42.0 Å². The Labute approximate surface area is 124 Å². The molecule has 2 aromatic carbocycles. The van der Waals surface area contributed by atoms with Gasteiger partial charge in [-0.2, -0.15) is 0 Å². The molecular formula is C17H21NO3. The van der Waals surface area contributed by atoms with E-state index in [9.17, 15) is 15.0 Å². The predicted octanol–water partition coefficient (Wildman–Crippen LogP) is 2.82. The van der Waals surface area contributed by atoms with E-state index in [1.54, 1.807) is 45.9 Å². The van der Waals surface area contributed by atoms with Crippen molar-refractivity contribution in [2.24, 2.45) is 0 Å². The number of hydrogen-bond donors (Lipinski definition) is 3. The van der Waals surface area contributed by atoms with Crippen LogP contribution in [0.15, 0.2) is 36.4 Å². The van der Waals surface area contributed by atoms with Gasteiger partial charge >= 0.3 is 0 Å². The Bertz CT molecular complexity index is 684. The molecule has 0 fully saturated rings. The minimum atomic E-state index is -1.09. The van der Waals surface area contributed by atoms with E-state index in [-0.39, 0.29) is 11.3 Å². The maximum atomic E-state index is 12.4. The van der Waals surface area contributed by atoms with Gasteiger partial charge in [-0.25, -0.2) is 0 Å². The van der Waals surface area contributed by atoms with E-state index < -0.39 is 17.0 Å². The van der Waals surface area contributed by atoms with Crippen molar-refractivity contribution in [1.29, 1.82) is 0 Å². The van der Waals surface area contributed by atoms with E-state index in [0.717, 1.165) is 5.39 Å². The molecule has 112 valence electrons. The van der Waals surface area contributed by atoms with Crippen molar-refractivity contribution in [1.82, 2.24) is 5.32 Å². The summed E-state index contributed by atoms with van der Waals surface area (Å²) in [7, 11) is 0. The van der Waals surface area contributed by atoms with Gasteiger partial charge in [0.1, 0.15) is 5.75 Å². The van der Waals surface area contributed by atoms with Crippen molar-refractivity contribution < 1.29 is 15.0 Å². The Hall–Kier alpha value is -2.07. The molecule has 2 aromatic rings. The number of amides is 1. The SMILES string of the molecule is CC(C)(O)C(C)(C)NC(=O)c1ccc2ccccc2c1O. The van der Waals surface area contributed by atoms with Crippen LogP contribution in [0.3, 0.4) is 0 Å². The van der Waals surface area contributed by atoms with Crippen LogP contribution in [0.25, 0.3) is 10.8 Å². The van der Waals surface area contributed by atoms with Crippen molar-refractivity contribution in [2.75, 3.05) is 0 Å². The van der Waals surface area contributed by atoms with Gasteiger partial charge in [0.05, 0.1) is 16.7 Å². The minimum Gasteiger partial charge on any atom is -0.506 e. The molecule has 0 saturated carbocycles. The van der Waals surface area contributed by atoms with E-state index in [0.29, 0.717) is 5.39 Å². The predicted molar refractivity (Wildman–Crippen MR) is 83.5 cm³/mol. The van der Waals surface area contributed by atoms with E-state index >= 15 is 0 Å². The lowest BCUT2D eigenvalue weighted by Crippen LogP contribution is -2.57. The number of rotatable bonds is 3. The number of carbonyl (C=O) groups is 1. The third-order valence-corrected chi connectivity index (χ3v) is 4.10. The molecule has 0 aliphatic rings. The number of hydrogen-bond acceptors (Lipinski definition) is 3. The van der Waals surface area contributed by atoms with Crippen LogP contribution in [0, 0.1) is 0 Å². The van der Waals surface area contributed by atoms with Gasteiger partial charge in [0, 0.05) is 5.39 Å². The zero-order valence-corrected chi connectivity index (χ0v) is 12.8. The highest BCUT2D eigenvalue weighted by molar-refractivity contribution is 6.03. The Morgan fingerprint density at radius 1 is 1.05 bits per heavy atom. The molecular weight excluding hydrogens is 266 g/mol. The molecule has 0 bridgehead atoms. The summed E-state index contributed by atoms with van der Waals surface area (Å²) in [6.45, 7) is 6.74. The second-order valence-corrected chi connectivity index (χ2v) is 6.32. The van der Waals surface area contributed by atoms with E-state index in [1.165, 1.54) is 0 Å². The van der Waals surface area contributed by atoms with Crippen LogP contribution >= 0.6 is 0 Å². The monoisotopic (exact) mass is 287 g/mol. The summed E-state index contributed by atoms with van der Waals surface area (Å²) < 4.78 is 0. The molecule has 0 atom stereocenters. The zero-order chi connectivity index (χ0) is 15.8. The molecule has 3 N–H and O–H groups in total. The summed E-state index contributed by atoms with van der Waals surface area (Å²) in [4.78, 5) is 12.4. The fourth-order valence-electron chi connectivity index (χ4n) is 1.94. The van der Waals surface area contributed by atoms with Crippen LogP contribution in [0.2, 0.25) is 0 Å². The number of aromatic hydroxyl groups is 1. The first-order valence-electron chi connectivity index (χ1n) is 6.89. The Morgan fingerprint density at radius 3 is 2.29 bits per heavy atom. The van der Waals surface area contributed by atoms with Crippen LogP contribution in [0.5, 0.6) is 5.75 Å². The molecule has 4 nitrogen and oxygen atoms in total. The van der Waals surface area contributed by atoms with E-state index in [4.69, 9.17) is 0 Å². The van der Waals surface area contributed by atoms with Crippen molar-refractivity contribution in [2.45, 2.75) is 38.8 Å². The molecule has 2 rings (SSSR count). The van der Waals surface area contributed by atoms with Gasteiger partial charge in [0.15, 0.2) is 0 Å². The zero-order valence-electron chi connectivity index (χ0n) is 12.8. The summed E-state index contributed by atoms with van der Waals surface area (Å²) in [5.41, 5.74) is -1.72. The quantitative estimate of drug-likeness (QED) is 0.813. The third kappa shape index (κ3) is 2.85. The summed E-state index contributed by atoms with van der Waals surface area (Å²) >= 11 is 0. The molecule has 1 amide bonds. The van der Waals surface area contributed by atoms with Gasteiger partial charge in [-0.1, -0.05) is 30.3 Å². The fraction of sp³-hybridized carbons (Fsp3) is 0.353. The van der Waals surface area contributed by atoms with Gasteiger partial charge in [-0.3, -0.25) is 4.79 Å². The Balaban J connectivity index is 2.39. The molecule has 0 saturated heterocycles. The molecule has 0 spiro atoms. The van der Waals surface area contributed by atoms with E-state index in [1.807, 2.05) is 18.2 Å². The lowest BCUT2D eigenvalue weighted by Gasteiger charge is -2.38. The Kier molecular flexibility index (Phi) is 3.68. The molecule has 21 heavy (non-hydrogen) atoms. The molecule has 0 unspecified atom stereocenters. The third-order valence-electron chi connectivity index (χ3n) is 4.10. The number of aliphatic hydroxyl groups is 1. The van der Waals surface area contributed by atoms with E-state index in [2.05, 4.69) is 5.32 Å². The average Bonchev–Trinajstić information content (AvgIpc) is 2.37. The number of benzene rings is 2. The number of phenols is 1. The molecule has 4 heteroatoms. The summed E-state index contributed by atoms with van der Waals surface area (Å²) in [5, 5.41) is 24.7. The van der Waals surface area contributed by atoms with Crippen LogP contribution in [0.4, 0.5) is 0 Å². The van der Waals surface area contributed by atoms with Crippen molar-refractivity contribution in [3.63, 3.8) is 0 Å². The van der Waals surface area contributed by atoms with Crippen LogP contribution in [-0.4, -0.2) is 27.3 Å². The first kappa shape index (κ1) is 15.3. The maximum absolute atomic E-state index is 12.4. The molecule has 0 aromatic heterocycles. The second-order valence-electron chi connectivity index (χ2n) is 6.32. The normalized spacial score (nSPS) is 12.4. The first-order valence-corrected chi connectivity index (χ1v) is 6.89. The van der Waals surface area contributed by atoms with Crippen molar-refractivity contribution >= 4 is 16.7 Å². The fourth-order valence-corrected chi connectivity index (χ4v) is 1.94. The summed E-state index contributed by atoms with van der Waals surface area (Å²) in [6, 6.07) is 10.7. The van der Waals surface area contributed by atoms with Crippen LogP contribution in [-0.2, 0) is 0 Å². The highest BCUT2D eigenvalue weighted by atomic mass is 16.3. The molecule has 0 aliphatic heterocycles. The summed E-state index contributed by atoms with van der Waals surface area (Å²) in [6.07, 6.45) is 0.